The van der Waals surface area contributed by atoms with Crippen LogP contribution < -0.4 is 5.73 Å². The number of nitrogens with zero attached hydrogens (tertiary/aromatic N) is 1. The van der Waals surface area contributed by atoms with E-state index in [9.17, 15) is 5.11 Å². The van der Waals surface area contributed by atoms with Crippen LogP contribution in [-0.2, 0) is 12.0 Å². The average molecular weight is 285 g/mol. The Morgan fingerprint density at radius 3 is 3.10 bits per heavy atom. The molecule has 2 aliphatic heterocycles. The van der Waals surface area contributed by atoms with Crippen molar-refractivity contribution in [2.75, 3.05) is 25.4 Å². The molecule has 0 bridgehead atoms. The second-order valence-corrected chi connectivity index (χ2v) is 6.69. The summed E-state index contributed by atoms with van der Waals surface area (Å²) in [6.45, 7) is 4.76. The number of aliphatic hydroxyl groups is 1. The summed E-state index contributed by atoms with van der Waals surface area (Å²) in [6.07, 6.45) is 3.36. The van der Waals surface area contributed by atoms with Gasteiger partial charge in [-0.3, -0.25) is 4.90 Å². The third-order valence-electron chi connectivity index (χ3n) is 5.72. The summed E-state index contributed by atoms with van der Waals surface area (Å²) in [5.74, 6) is 0.302. The molecule has 2 atom stereocenters. The van der Waals surface area contributed by atoms with Crippen LogP contribution in [0.1, 0.15) is 31.0 Å². The van der Waals surface area contributed by atoms with Crippen molar-refractivity contribution in [3.05, 3.63) is 29.5 Å². The molecule has 0 spiro atoms. The number of hydrogen-bond donors (Lipinski definition) is 3. The Bertz CT molecular complexity index is 693. The Kier molecular flexibility index (Phi) is 2.81. The van der Waals surface area contributed by atoms with E-state index in [1.165, 1.54) is 23.1 Å². The average Bonchev–Trinajstić information content (AvgIpc) is 2.85. The number of hydrogen-bond acceptors (Lipinski definition) is 3. The number of rotatable bonds is 1. The maximum Gasteiger partial charge on any atom is 0.0636 e. The minimum absolute atomic E-state index is 0.0750. The lowest BCUT2D eigenvalue weighted by molar-refractivity contribution is -0.0303. The molecule has 4 N–H and O–H groups in total. The van der Waals surface area contributed by atoms with E-state index in [4.69, 9.17) is 5.73 Å². The highest BCUT2D eigenvalue weighted by molar-refractivity contribution is 5.87. The number of nitrogens with two attached hydrogens (primary N) is 1. The summed E-state index contributed by atoms with van der Waals surface area (Å²) in [7, 11) is 0. The fourth-order valence-corrected chi connectivity index (χ4v) is 4.49. The molecule has 0 aliphatic carbocycles. The maximum atomic E-state index is 9.88. The van der Waals surface area contributed by atoms with Crippen molar-refractivity contribution in [1.29, 1.82) is 0 Å². The Morgan fingerprint density at radius 2 is 2.29 bits per heavy atom. The number of nitrogens with one attached hydrogen (secondary N) is 1. The highest BCUT2D eigenvalue weighted by Gasteiger charge is 2.47. The first kappa shape index (κ1) is 13.2. The van der Waals surface area contributed by atoms with Gasteiger partial charge in [0.05, 0.1) is 5.54 Å². The zero-order chi connectivity index (χ0) is 14.6. The summed E-state index contributed by atoms with van der Waals surface area (Å²) in [4.78, 5) is 6.18. The molecule has 1 aromatic carbocycles. The Balaban J connectivity index is 1.94. The van der Waals surface area contributed by atoms with E-state index in [1.54, 1.807) is 0 Å². The second kappa shape index (κ2) is 4.49. The predicted octanol–water partition coefficient (Wildman–Crippen LogP) is 2.23. The lowest BCUT2D eigenvalue weighted by atomic mass is 9.72. The van der Waals surface area contributed by atoms with E-state index < -0.39 is 0 Å². The van der Waals surface area contributed by atoms with Crippen LogP contribution in [-0.4, -0.2) is 34.7 Å². The van der Waals surface area contributed by atoms with Gasteiger partial charge in [-0.1, -0.05) is 6.07 Å². The Hall–Kier alpha value is -1.52. The highest BCUT2D eigenvalue weighted by Crippen LogP contribution is 2.47. The maximum absolute atomic E-state index is 9.88. The zero-order valence-electron chi connectivity index (χ0n) is 12.5. The van der Waals surface area contributed by atoms with Crippen molar-refractivity contribution in [3.8, 4) is 0 Å². The van der Waals surface area contributed by atoms with Crippen LogP contribution in [0.25, 0.3) is 10.9 Å². The number of aliphatic hydroxyl groups excluding tert-OH is 1. The third kappa shape index (κ3) is 1.69. The quantitative estimate of drug-likeness (QED) is 0.704. The number of aromatic nitrogens is 1. The van der Waals surface area contributed by atoms with E-state index >= 15 is 0 Å². The van der Waals surface area contributed by atoms with Gasteiger partial charge >= 0.3 is 0 Å². The summed E-state index contributed by atoms with van der Waals surface area (Å²) >= 11 is 0. The summed E-state index contributed by atoms with van der Waals surface area (Å²) in [5.41, 5.74) is 10.5. The number of nitrogen functional groups attached to an aromatic ring is 1. The van der Waals surface area contributed by atoms with Crippen molar-refractivity contribution >= 4 is 16.6 Å². The minimum Gasteiger partial charge on any atom is -0.399 e. The fraction of sp³-hybridized carbons (Fsp3) is 0.529. The molecule has 21 heavy (non-hydrogen) atoms. The van der Waals surface area contributed by atoms with Crippen LogP contribution in [0.2, 0.25) is 0 Å². The molecule has 2 aliphatic rings. The lowest BCUT2D eigenvalue weighted by Gasteiger charge is -2.52. The van der Waals surface area contributed by atoms with Crippen LogP contribution in [0.5, 0.6) is 0 Å². The predicted molar refractivity (Wildman–Crippen MR) is 85.1 cm³/mol. The first-order valence-electron chi connectivity index (χ1n) is 7.91. The minimum atomic E-state index is -0.0750. The molecule has 112 valence electrons. The Labute approximate surface area is 124 Å². The fourth-order valence-electron chi connectivity index (χ4n) is 4.49. The number of anilines is 1. The molecule has 1 aromatic heterocycles. The molecule has 4 nitrogen and oxygen atoms in total. The number of fused-ring (bicyclic) bond motifs is 5. The molecule has 0 amide bonds. The zero-order valence-corrected chi connectivity index (χ0v) is 12.5. The van der Waals surface area contributed by atoms with Crippen molar-refractivity contribution in [2.45, 2.75) is 31.7 Å². The highest BCUT2D eigenvalue weighted by atomic mass is 16.3. The van der Waals surface area contributed by atoms with Gasteiger partial charge in [-0.05, 0) is 50.4 Å². The smallest absolute Gasteiger partial charge is 0.0636 e. The molecule has 2 aromatic rings. The molecule has 4 rings (SSSR count). The molecule has 3 heterocycles. The monoisotopic (exact) mass is 285 g/mol. The normalized spacial score (nSPS) is 29.3. The second-order valence-electron chi connectivity index (χ2n) is 6.69. The molecule has 1 fully saturated rings. The van der Waals surface area contributed by atoms with Gasteiger partial charge in [-0.15, -0.1) is 0 Å². The molecule has 1 saturated heterocycles. The van der Waals surface area contributed by atoms with Gasteiger partial charge in [-0.2, -0.15) is 0 Å². The van der Waals surface area contributed by atoms with E-state index in [0.717, 1.165) is 37.1 Å². The summed E-state index contributed by atoms with van der Waals surface area (Å²) < 4.78 is 0. The van der Waals surface area contributed by atoms with E-state index in [-0.39, 0.29) is 12.1 Å². The SMILES string of the molecule is C[C@@]12c3[nH]c4cc(N)ccc4c3CCN1CCC[C@H]2CO. The van der Waals surface area contributed by atoms with E-state index in [2.05, 4.69) is 22.9 Å². The third-order valence-corrected chi connectivity index (χ3v) is 5.72. The Morgan fingerprint density at radius 1 is 1.43 bits per heavy atom. The first-order valence-corrected chi connectivity index (χ1v) is 7.91. The largest absolute Gasteiger partial charge is 0.399 e. The van der Waals surface area contributed by atoms with Gasteiger partial charge in [-0.25, -0.2) is 0 Å². The molecule has 0 radical (unpaired) electrons. The van der Waals surface area contributed by atoms with Gasteiger partial charge in [0.15, 0.2) is 0 Å². The molecule has 0 saturated carbocycles. The number of piperidine rings is 1. The summed E-state index contributed by atoms with van der Waals surface area (Å²) in [5, 5.41) is 11.2. The van der Waals surface area contributed by atoms with Crippen LogP contribution in [0.3, 0.4) is 0 Å². The van der Waals surface area contributed by atoms with Gasteiger partial charge in [0.2, 0.25) is 0 Å². The van der Waals surface area contributed by atoms with Crippen LogP contribution in [0, 0.1) is 5.92 Å². The number of aromatic amines is 1. The van der Waals surface area contributed by atoms with Crippen molar-refractivity contribution in [2.24, 2.45) is 5.92 Å². The van der Waals surface area contributed by atoms with Gasteiger partial charge in [0.1, 0.15) is 0 Å². The number of H-pyrrole nitrogens is 1. The standard InChI is InChI=1S/C17H23N3O/c1-17-11(10-21)3-2-7-20(17)8-6-14-13-5-4-12(18)9-15(13)19-16(14)17/h4-5,9,11,19,21H,2-3,6-8,10,18H2,1H3/t11-,17+/m0/s1. The van der Waals surface area contributed by atoms with E-state index in [1.807, 2.05) is 12.1 Å². The number of benzene rings is 1. The topological polar surface area (TPSA) is 65.3 Å². The molecule has 0 unspecified atom stereocenters. The van der Waals surface area contributed by atoms with Gasteiger partial charge in [0, 0.05) is 41.4 Å². The van der Waals surface area contributed by atoms with Crippen LogP contribution in [0.15, 0.2) is 18.2 Å². The van der Waals surface area contributed by atoms with Crippen molar-refractivity contribution < 1.29 is 5.11 Å². The summed E-state index contributed by atoms with van der Waals surface area (Å²) in [6, 6.07) is 6.14. The van der Waals surface area contributed by atoms with Gasteiger partial charge < -0.3 is 15.8 Å². The van der Waals surface area contributed by atoms with Crippen LogP contribution >= 0.6 is 0 Å². The lowest BCUT2D eigenvalue weighted by Crippen LogP contribution is -2.57. The van der Waals surface area contributed by atoms with Crippen LogP contribution in [0.4, 0.5) is 5.69 Å². The molecule has 4 heteroatoms. The molecular weight excluding hydrogens is 262 g/mol. The van der Waals surface area contributed by atoms with E-state index in [0.29, 0.717) is 5.92 Å². The first-order chi connectivity index (χ1) is 10.1. The molecular formula is C17H23N3O. The van der Waals surface area contributed by atoms with Gasteiger partial charge in [0.25, 0.3) is 0 Å². The van der Waals surface area contributed by atoms with Crippen molar-refractivity contribution in [1.82, 2.24) is 9.88 Å². The van der Waals surface area contributed by atoms with Crippen molar-refractivity contribution in [3.63, 3.8) is 0 Å².